The topological polar surface area (TPSA) is 68.3 Å². The smallest absolute Gasteiger partial charge is 0.337 e. The maximum absolute atomic E-state index is 14.0. The minimum absolute atomic E-state index is 0.0124. The first-order valence-corrected chi connectivity index (χ1v) is 10.8. The van der Waals surface area contributed by atoms with Gasteiger partial charge in [0, 0.05) is 38.0 Å². The molecule has 0 aliphatic rings. The first-order valence-electron chi connectivity index (χ1n) is 10.8. The van der Waals surface area contributed by atoms with Crippen molar-refractivity contribution in [2.24, 2.45) is 7.05 Å². The molecule has 5 aromatic rings. The number of carbonyl (C=O) groups is 1. The second-order valence-corrected chi connectivity index (χ2v) is 8.42. The highest BCUT2D eigenvalue weighted by atomic mass is 19.4. The highest BCUT2D eigenvalue weighted by Gasteiger charge is 2.36. The van der Waals surface area contributed by atoms with E-state index in [1.807, 2.05) is 37.3 Å². The van der Waals surface area contributed by atoms with Gasteiger partial charge in [0.15, 0.2) is 11.3 Å². The Bertz CT molecular complexity index is 1580. The van der Waals surface area contributed by atoms with Crippen LogP contribution in [0.2, 0.25) is 0 Å². The minimum Gasteiger partial charge on any atom is -0.337 e. The zero-order valence-electron chi connectivity index (χ0n) is 19.2. The lowest BCUT2D eigenvalue weighted by Crippen LogP contribution is -2.26. The van der Waals surface area contributed by atoms with Crippen molar-refractivity contribution in [3.63, 3.8) is 0 Å². The van der Waals surface area contributed by atoms with Crippen LogP contribution in [0.3, 0.4) is 0 Å². The van der Waals surface area contributed by atoms with E-state index < -0.39 is 17.8 Å². The van der Waals surface area contributed by atoms with Crippen molar-refractivity contribution in [2.75, 3.05) is 7.05 Å². The number of hydrogen-bond donors (Lipinski definition) is 0. The SMILES string of the molecule is Cc1nn(C)cc1CN(C)C(=O)c1cnn2c(C(F)(F)F)cc(-c3cccc4ccccc34)nc12. The van der Waals surface area contributed by atoms with Gasteiger partial charge in [0.25, 0.3) is 5.91 Å². The van der Waals surface area contributed by atoms with Gasteiger partial charge in [0.1, 0.15) is 5.56 Å². The molecule has 0 N–H and O–H groups in total. The number of rotatable bonds is 4. The van der Waals surface area contributed by atoms with Crippen LogP contribution in [0.1, 0.15) is 27.3 Å². The van der Waals surface area contributed by atoms with E-state index in [0.717, 1.165) is 34.3 Å². The van der Waals surface area contributed by atoms with Gasteiger partial charge in [0.2, 0.25) is 0 Å². The average Bonchev–Trinajstić information content (AvgIpc) is 3.38. The van der Waals surface area contributed by atoms with E-state index in [9.17, 15) is 18.0 Å². The molecular formula is C25H21F3N6O. The Morgan fingerprint density at radius 1 is 1.11 bits per heavy atom. The van der Waals surface area contributed by atoms with Crippen molar-refractivity contribution in [3.8, 4) is 11.3 Å². The number of aryl methyl sites for hydroxylation is 2. The molecule has 0 radical (unpaired) electrons. The van der Waals surface area contributed by atoms with Gasteiger partial charge in [-0.25, -0.2) is 9.50 Å². The predicted octanol–water partition coefficient (Wildman–Crippen LogP) is 4.88. The van der Waals surface area contributed by atoms with E-state index in [1.54, 1.807) is 37.1 Å². The zero-order chi connectivity index (χ0) is 24.9. The van der Waals surface area contributed by atoms with Gasteiger partial charge in [-0.3, -0.25) is 9.48 Å². The molecule has 0 atom stereocenters. The van der Waals surface area contributed by atoms with E-state index in [-0.39, 0.29) is 23.4 Å². The van der Waals surface area contributed by atoms with Crippen LogP contribution in [-0.2, 0) is 19.8 Å². The van der Waals surface area contributed by atoms with Crippen molar-refractivity contribution in [3.05, 3.63) is 83.4 Å². The van der Waals surface area contributed by atoms with E-state index in [0.29, 0.717) is 10.1 Å². The van der Waals surface area contributed by atoms with Crippen LogP contribution in [0.4, 0.5) is 13.2 Å². The van der Waals surface area contributed by atoms with Gasteiger partial charge in [-0.15, -0.1) is 0 Å². The molecule has 10 heteroatoms. The quantitative estimate of drug-likeness (QED) is 0.369. The van der Waals surface area contributed by atoms with Crippen LogP contribution >= 0.6 is 0 Å². The van der Waals surface area contributed by atoms with Crippen LogP contribution in [0.5, 0.6) is 0 Å². The average molecular weight is 478 g/mol. The molecule has 178 valence electrons. The largest absolute Gasteiger partial charge is 0.433 e. The Balaban J connectivity index is 1.65. The summed E-state index contributed by atoms with van der Waals surface area (Å²) < 4.78 is 44.4. The molecule has 0 saturated heterocycles. The number of halogens is 3. The molecule has 3 heterocycles. The fourth-order valence-corrected chi connectivity index (χ4v) is 4.24. The second kappa shape index (κ2) is 8.23. The number of aromatic nitrogens is 5. The van der Waals surface area contributed by atoms with Gasteiger partial charge in [-0.05, 0) is 23.8 Å². The van der Waals surface area contributed by atoms with Gasteiger partial charge >= 0.3 is 6.18 Å². The summed E-state index contributed by atoms with van der Waals surface area (Å²) in [5, 5.41) is 9.79. The molecule has 5 rings (SSSR count). The number of alkyl halides is 3. The van der Waals surface area contributed by atoms with Crippen molar-refractivity contribution in [1.29, 1.82) is 0 Å². The third-order valence-corrected chi connectivity index (χ3v) is 5.93. The van der Waals surface area contributed by atoms with Crippen LogP contribution < -0.4 is 0 Å². The summed E-state index contributed by atoms with van der Waals surface area (Å²) in [7, 11) is 3.36. The highest BCUT2D eigenvalue weighted by Crippen LogP contribution is 2.35. The first kappa shape index (κ1) is 22.6. The molecule has 0 spiro atoms. The summed E-state index contributed by atoms with van der Waals surface area (Å²) in [6.07, 6.45) is -1.77. The standard InChI is InChI=1S/C25H21F3N6O/c1-15-17(14-33(3)31-15)13-32(2)24(35)20-12-29-34-22(25(26,27)28)11-21(30-23(20)34)19-10-6-8-16-7-4-5-9-18(16)19/h4-12,14H,13H2,1-3H3. The Morgan fingerprint density at radius 2 is 1.86 bits per heavy atom. The summed E-state index contributed by atoms with van der Waals surface area (Å²) in [5.41, 5.74) is 1.08. The van der Waals surface area contributed by atoms with E-state index in [1.165, 1.54) is 4.90 Å². The second-order valence-electron chi connectivity index (χ2n) is 8.42. The molecule has 0 aliphatic carbocycles. The lowest BCUT2D eigenvalue weighted by atomic mass is 10.0. The van der Waals surface area contributed by atoms with Crippen LogP contribution in [-0.4, -0.2) is 42.2 Å². The third-order valence-electron chi connectivity index (χ3n) is 5.93. The molecule has 2 aromatic carbocycles. The maximum Gasteiger partial charge on any atom is 0.433 e. The molecule has 0 aliphatic heterocycles. The van der Waals surface area contributed by atoms with Crippen LogP contribution in [0, 0.1) is 6.92 Å². The van der Waals surface area contributed by atoms with E-state index >= 15 is 0 Å². The fraction of sp³-hybridized carbons (Fsp3) is 0.200. The van der Waals surface area contributed by atoms with Crippen LogP contribution in [0.25, 0.3) is 27.7 Å². The number of fused-ring (bicyclic) bond motifs is 2. The van der Waals surface area contributed by atoms with Gasteiger partial charge in [-0.1, -0.05) is 42.5 Å². The van der Waals surface area contributed by atoms with Crippen molar-refractivity contribution in [2.45, 2.75) is 19.6 Å². The summed E-state index contributed by atoms with van der Waals surface area (Å²) in [5.74, 6) is -0.487. The summed E-state index contributed by atoms with van der Waals surface area (Å²) >= 11 is 0. The molecule has 1 amide bonds. The molecule has 3 aromatic heterocycles. The Labute approximate surface area is 198 Å². The molecule has 0 saturated carbocycles. The molecule has 0 fully saturated rings. The lowest BCUT2D eigenvalue weighted by Gasteiger charge is -2.16. The number of hydrogen-bond acceptors (Lipinski definition) is 4. The van der Waals surface area contributed by atoms with Gasteiger partial charge in [0.05, 0.1) is 17.6 Å². The summed E-state index contributed by atoms with van der Waals surface area (Å²) in [4.78, 5) is 19.2. The van der Waals surface area contributed by atoms with Crippen molar-refractivity contribution < 1.29 is 18.0 Å². The zero-order valence-corrected chi connectivity index (χ0v) is 19.2. The van der Waals surface area contributed by atoms with Crippen molar-refractivity contribution >= 4 is 22.3 Å². The predicted molar refractivity (Wildman–Crippen MR) is 125 cm³/mol. The van der Waals surface area contributed by atoms with E-state index in [2.05, 4.69) is 15.2 Å². The number of amides is 1. The number of nitrogens with zero attached hydrogens (tertiary/aromatic N) is 6. The number of benzene rings is 2. The number of carbonyl (C=O) groups excluding carboxylic acids is 1. The Hall–Kier alpha value is -4.21. The third kappa shape index (κ3) is 4.01. The monoisotopic (exact) mass is 478 g/mol. The molecule has 7 nitrogen and oxygen atoms in total. The van der Waals surface area contributed by atoms with Gasteiger partial charge in [-0.2, -0.15) is 23.4 Å². The normalized spacial score (nSPS) is 11.9. The van der Waals surface area contributed by atoms with Gasteiger partial charge < -0.3 is 4.90 Å². The lowest BCUT2D eigenvalue weighted by molar-refractivity contribution is -0.142. The molecular weight excluding hydrogens is 457 g/mol. The Morgan fingerprint density at radius 3 is 2.57 bits per heavy atom. The first-order chi connectivity index (χ1) is 16.6. The van der Waals surface area contributed by atoms with E-state index in [4.69, 9.17) is 0 Å². The maximum atomic E-state index is 14.0. The summed E-state index contributed by atoms with van der Waals surface area (Å²) in [6.45, 7) is 2.07. The van der Waals surface area contributed by atoms with Crippen molar-refractivity contribution in [1.82, 2.24) is 29.3 Å². The molecule has 35 heavy (non-hydrogen) atoms. The summed E-state index contributed by atoms with van der Waals surface area (Å²) in [6, 6.07) is 13.7. The minimum atomic E-state index is -4.70. The molecule has 0 unspecified atom stereocenters. The Kier molecular flexibility index (Phi) is 5.31. The van der Waals surface area contributed by atoms with Crippen LogP contribution in [0.15, 0.2) is 60.9 Å². The highest BCUT2D eigenvalue weighted by molar-refractivity contribution is 6.00. The molecule has 0 bridgehead atoms. The fourth-order valence-electron chi connectivity index (χ4n) is 4.24.